The van der Waals surface area contributed by atoms with Crippen LogP contribution in [-0.2, 0) is 9.59 Å². The summed E-state index contributed by atoms with van der Waals surface area (Å²) in [5, 5.41) is 11.6. The van der Waals surface area contributed by atoms with E-state index in [1.807, 2.05) is 6.92 Å². The minimum atomic E-state index is -0.855. The van der Waals surface area contributed by atoms with Crippen molar-refractivity contribution in [1.29, 1.82) is 0 Å². The smallest absolute Gasteiger partial charge is 0.310 e. The molecule has 1 atom stereocenters. The molecule has 0 radical (unpaired) electrons. The number of rotatable bonds is 3. The standard InChI is InChI=1S/C12H15NO3/c1-7-6-10(8(2)12(15)16)4-5-11(7)13-9(3)14/h4-6,8H,1-3H3,(H,13,14)(H,15,16). The van der Waals surface area contributed by atoms with Gasteiger partial charge in [-0.2, -0.15) is 0 Å². The molecular weight excluding hydrogens is 206 g/mol. The fraction of sp³-hybridized carbons (Fsp3) is 0.333. The zero-order valence-corrected chi connectivity index (χ0v) is 9.57. The Morgan fingerprint density at radius 1 is 1.38 bits per heavy atom. The van der Waals surface area contributed by atoms with Crippen LogP contribution in [-0.4, -0.2) is 17.0 Å². The van der Waals surface area contributed by atoms with Crippen molar-refractivity contribution in [2.45, 2.75) is 26.7 Å². The topological polar surface area (TPSA) is 66.4 Å². The number of carboxylic acids is 1. The Balaban J connectivity index is 2.99. The summed E-state index contributed by atoms with van der Waals surface area (Å²) in [6.07, 6.45) is 0. The van der Waals surface area contributed by atoms with Crippen molar-refractivity contribution in [3.63, 3.8) is 0 Å². The Kier molecular flexibility index (Phi) is 3.66. The first-order valence-corrected chi connectivity index (χ1v) is 5.02. The van der Waals surface area contributed by atoms with Gasteiger partial charge in [0.05, 0.1) is 5.92 Å². The summed E-state index contributed by atoms with van der Waals surface area (Å²) >= 11 is 0. The van der Waals surface area contributed by atoms with Crippen molar-refractivity contribution in [2.75, 3.05) is 5.32 Å². The number of amides is 1. The number of anilines is 1. The van der Waals surface area contributed by atoms with Crippen molar-refractivity contribution >= 4 is 17.6 Å². The van der Waals surface area contributed by atoms with Gasteiger partial charge >= 0.3 is 5.97 Å². The van der Waals surface area contributed by atoms with E-state index in [4.69, 9.17) is 5.11 Å². The van der Waals surface area contributed by atoms with Crippen LogP contribution in [0.25, 0.3) is 0 Å². The second kappa shape index (κ2) is 4.79. The van der Waals surface area contributed by atoms with E-state index in [1.165, 1.54) is 6.92 Å². The summed E-state index contributed by atoms with van der Waals surface area (Å²) in [6, 6.07) is 5.23. The molecule has 1 amide bonds. The predicted molar refractivity (Wildman–Crippen MR) is 61.5 cm³/mol. The molecule has 0 spiro atoms. The molecule has 1 aromatic carbocycles. The van der Waals surface area contributed by atoms with Crippen molar-refractivity contribution in [2.24, 2.45) is 0 Å². The van der Waals surface area contributed by atoms with Crippen LogP contribution < -0.4 is 5.32 Å². The van der Waals surface area contributed by atoms with E-state index in [2.05, 4.69) is 5.32 Å². The zero-order valence-electron chi connectivity index (χ0n) is 9.57. The van der Waals surface area contributed by atoms with E-state index in [9.17, 15) is 9.59 Å². The van der Waals surface area contributed by atoms with Crippen LogP contribution in [0.1, 0.15) is 30.9 Å². The molecule has 2 N–H and O–H groups in total. The number of aliphatic carboxylic acids is 1. The molecule has 0 saturated carbocycles. The molecule has 1 rings (SSSR count). The summed E-state index contributed by atoms with van der Waals surface area (Å²) < 4.78 is 0. The maximum Gasteiger partial charge on any atom is 0.310 e. The first-order chi connectivity index (χ1) is 7.41. The van der Waals surface area contributed by atoms with Gasteiger partial charge in [0.1, 0.15) is 0 Å². The Hall–Kier alpha value is -1.84. The van der Waals surface area contributed by atoms with Crippen molar-refractivity contribution < 1.29 is 14.7 Å². The molecule has 0 aliphatic carbocycles. The van der Waals surface area contributed by atoms with Crippen molar-refractivity contribution in [3.05, 3.63) is 29.3 Å². The molecule has 86 valence electrons. The molecule has 4 nitrogen and oxygen atoms in total. The number of carbonyl (C=O) groups is 2. The second-order valence-electron chi connectivity index (χ2n) is 3.82. The molecule has 1 unspecified atom stereocenters. The van der Waals surface area contributed by atoms with Crippen molar-refractivity contribution in [3.8, 4) is 0 Å². The maximum absolute atomic E-state index is 10.9. The highest BCUT2D eigenvalue weighted by Gasteiger charge is 2.14. The molecular formula is C12H15NO3. The van der Waals surface area contributed by atoms with E-state index in [1.54, 1.807) is 25.1 Å². The van der Waals surface area contributed by atoms with E-state index in [0.29, 0.717) is 5.69 Å². The summed E-state index contributed by atoms with van der Waals surface area (Å²) in [7, 11) is 0. The Labute approximate surface area is 94.3 Å². The summed E-state index contributed by atoms with van der Waals surface area (Å²) in [6.45, 7) is 4.91. The van der Waals surface area contributed by atoms with Gasteiger partial charge in [-0.25, -0.2) is 0 Å². The minimum Gasteiger partial charge on any atom is -0.481 e. The highest BCUT2D eigenvalue weighted by Crippen LogP contribution is 2.22. The lowest BCUT2D eigenvalue weighted by molar-refractivity contribution is -0.138. The third-order valence-electron chi connectivity index (χ3n) is 2.43. The fourth-order valence-electron chi connectivity index (χ4n) is 1.43. The SMILES string of the molecule is CC(=O)Nc1ccc(C(C)C(=O)O)cc1C. The number of carboxylic acid groups (broad SMARTS) is 1. The summed E-state index contributed by atoms with van der Waals surface area (Å²) in [4.78, 5) is 21.7. The molecule has 0 saturated heterocycles. The van der Waals surface area contributed by atoms with E-state index < -0.39 is 11.9 Å². The number of aryl methyl sites for hydroxylation is 1. The van der Waals surface area contributed by atoms with Crippen LogP contribution in [0.4, 0.5) is 5.69 Å². The molecule has 0 fully saturated rings. The van der Waals surface area contributed by atoms with Gasteiger partial charge in [0, 0.05) is 12.6 Å². The van der Waals surface area contributed by atoms with Gasteiger partial charge in [-0.3, -0.25) is 9.59 Å². The van der Waals surface area contributed by atoms with Gasteiger partial charge in [-0.1, -0.05) is 12.1 Å². The van der Waals surface area contributed by atoms with Crippen LogP contribution in [0, 0.1) is 6.92 Å². The highest BCUT2D eigenvalue weighted by atomic mass is 16.4. The average molecular weight is 221 g/mol. The molecule has 0 bridgehead atoms. The minimum absolute atomic E-state index is 0.137. The van der Waals surface area contributed by atoms with Gasteiger partial charge in [-0.05, 0) is 31.0 Å². The quantitative estimate of drug-likeness (QED) is 0.821. The Bertz CT molecular complexity index is 426. The van der Waals surface area contributed by atoms with Crippen LogP contribution >= 0.6 is 0 Å². The Morgan fingerprint density at radius 3 is 2.44 bits per heavy atom. The second-order valence-corrected chi connectivity index (χ2v) is 3.82. The van der Waals surface area contributed by atoms with Gasteiger partial charge in [0.25, 0.3) is 0 Å². The third-order valence-corrected chi connectivity index (χ3v) is 2.43. The predicted octanol–water partition coefficient (Wildman–Crippen LogP) is 2.14. The van der Waals surface area contributed by atoms with Crippen LogP contribution in [0.2, 0.25) is 0 Å². The van der Waals surface area contributed by atoms with Gasteiger partial charge in [0.15, 0.2) is 0 Å². The fourth-order valence-corrected chi connectivity index (χ4v) is 1.43. The zero-order chi connectivity index (χ0) is 12.3. The van der Waals surface area contributed by atoms with Crippen LogP contribution in [0.5, 0.6) is 0 Å². The number of benzene rings is 1. The van der Waals surface area contributed by atoms with E-state index in [-0.39, 0.29) is 5.91 Å². The molecule has 0 aliphatic heterocycles. The molecule has 0 heterocycles. The first kappa shape index (κ1) is 12.2. The highest BCUT2D eigenvalue weighted by molar-refractivity contribution is 5.89. The molecule has 0 aromatic heterocycles. The van der Waals surface area contributed by atoms with E-state index >= 15 is 0 Å². The first-order valence-electron chi connectivity index (χ1n) is 5.02. The lowest BCUT2D eigenvalue weighted by Gasteiger charge is -2.11. The number of nitrogens with one attached hydrogen (secondary N) is 1. The molecule has 16 heavy (non-hydrogen) atoms. The van der Waals surface area contributed by atoms with Crippen LogP contribution in [0.15, 0.2) is 18.2 Å². The van der Waals surface area contributed by atoms with Gasteiger partial charge < -0.3 is 10.4 Å². The number of hydrogen-bond acceptors (Lipinski definition) is 2. The lowest BCUT2D eigenvalue weighted by Crippen LogP contribution is -2.10. The largest absolute Gasteiger partial charge is 0.481 e. The number of carbonyl (C=O) groups excluding carboxylic acids is 1. The van der Waals surface area contributed by atoms with Crippen molar-refractivity contribution in [1.82, 2.24) is 0 Å². The molecule has 4 heteroatoms. The van der Waals surface area contributed by atoms with Gasteiger partial charge in [-0.15, -0.1) is 0 Å². The van der Waals surface area contributed by atoms with Crippen LogP contribution in [0.3, 0.4) is 0 Å². The Morgan fingerprint density at radius 2 is 2.00 bits per heavy atom. The summed E-state index contributed by atoms with van der Waals surface area (Å²) in [5.41, 5.74) is 2.31. The molecule has 1 aromatic rings. The monoisotopic (exact) mass is 221 g/mol. The summed E-state index contributed by atoms with van der Waals surface area (Å²) in [5.74, 6) is -1.53. The van der Waals surface area contributed by atoms with Gasteiger partial charge in [0.2, 0.25) is 5.91 Å². The third kappa shape index (κ3) is 2.82. The lowest BCUT2D eigenvalue weighted by atomic mass is 9.99. The molecule has 0 aliphatic rings. The maximum atomic E-state index is 10.9. The normalized spacial score (nSPS) is 11.9. The van der Waals surface area contributed by atoms with E-state index in [0.717, 1.165) is 11.1 Å². The number of hydrogen-bond donors (Lipinski definition) is 2. The average Bonchev–Trinajstić information content (AvgIpc) is 2.19.